The average molecular weight is 425 g/mol. The van der Waals surface area contributed by atoms with Gasteiger partial charge < -0.3 is 9.84 Å². The molecule has 2 aromatic carbocycles. The van der Waals surface area contributed by atoms with Crippen LogP contribution >= 0.6 is 0 Å². The summed E-state index contributed by atoms with van der Waals surface area (Å²) < 4.78 is 5.86. The number of aromatic carboxylic acids is 1. The Labute approximate surface area is 185 Å². The maximum absolute atomic E-state index is 13.5. The van der Waals surface area contributed by atoms with Gasteiger partial charge in [-0.25, -0.2) is 4.79 Å². The van der Waals surface area contributed by atoms with E-state index in [2.05, 4.69) is 6.92 Å². The summed E-state index contributed by atoms with van der Waals surface area (Å²) >= 11 is 0. The molecule has 1 saturated heterocycles. The number of hydrogen-bond acceptors (Lipinski definition) is 3. The first-order valence-corrected chi connectivity index (χ1v) is 11.4. The third-order valence-corrected chi connectivity index (χ3v) is 6.74. The van der Waals surface area contributed by atoms with Gasteiger partial charge in [0.1, 0.15) is 5.75 Å². The first-order valence-electron chi connectivity index (χ1n) is 11.4. The van der Waals surface area contributed by atoms with Crippen LogP contribution in [0.5, 0.6) is 5.75 Å². The number of carboxylic acids is 1. The fraction of sp³-hybridized carbons (Fsp3) is 0.500. The molecule has 0 bridgehead atoms. The SMILES string of the molecule is CCCCCCCOc1ccc([C@]2(C)CC[C@@](C)(c3ccc(C(=O)O)cc3)N2[O])cc1. The van der Waals surface area contributed by atoms with E-state index in [0.29, 0.717) is 6.42 Å². The van der Waals surface area contributed by atoms with Gasteiger partial charge in [-0.15, -0.1) is 10.3 Å². The third-order valence-electron chi connectivity index (χ3n) is 6.74. The van der Waals surface area contributed by atoms with Gasteiger partial charge in [0.2, 0.25) is 0 Å². The molecular formula is C26H34NO4. The van der Waals surface area contributed by atoms with Gasteiger partial charge in [-0.05, 0) is 68.5 Å². The highest BCUT2D eigenvalue weighted by molar-refractivity contribution is 5.87. The van der Waals surface area contributed by atoms with Gasteiger partial charge in [0.15, 0.2) is 0 Å². The molecule has 1 aliphatic heterocycles. The van der Waals surface area contributed by atoms with Gasteiger partial charge >= 0.3 is 5.97 Å². The lowest BCUT2D eigenvalue weighted by Gasteiger charge is -2.37. The first kappa shape index (κ1) is 23.3. The lowest BCUT2D eigenvalue weighted by Crippen LogP contribution is -2.44. The molecule has 1 heterocycles. The van der Waals surface area contributed by atoms with Crippen molar-refractivity contribution in [1.29, 1.82) is 0 Å². The first-order chi connectivity index (χ1) is 14.8. The van der Waals surface area contributed by atoms with Gasteiger partial charge in [-0.1, -0.05) is 56.9 Å². The van der Waals surface area contributed by atoms with Crippen LogP contribution in [0.2, 0.25) is 0 Å². The number of hydrogen-bond donors (Lipinski definition) is 1. The van der Waals surface area contributed by atoms with Crippen molar-refractivity contribution in [2.75, 3.05) is 6.61 Å². The van der Waals surface area contributed by atoms with E-state index in [-0.39, 0.29) is 5.56 Å². The van der Waals surface area contributed by atoms with Crippen LogP contribution in [-0.4, -0.2) is 22.7 Å². The van der Waals surface area contributed by atoms with Gasteiger partial charge in [-0.2, -0.15) is 0 Å². The largest absolute Gasteiger partial charge is 0.494 e. The summed E-state index contributed by atoms with van der Waals surface area (Å²) in [7, 11) is 0. The van der Waals surface area contributed by atoms with Crippen LogP contribution in [0.25, 0.3) is 0 Å². The number of unbranched alkanes of at least 4 members (excludes halogenated alkanes) is 4. The Morgan fingerprint density at radius 2 is 1.42 bits per heavy atom. The van der Waals surface area contributed by atoms with E-state index in [1.807, 2.05) is 38.1 Å². The van der Waals surface area contributed by atoms with Crippen molar-refractivity contribution < 1.29 is 19.8 Å². The molecule has 167 valence electrons. The fourth-order valence-corrected chi connectivity index (χ4v) is 4.54. The minimum Gasteiger partial charge on any atom is -0.494 e. The van der Waals surface area contributed by atoms with Crippen LogP contribution in [0.15, 0.2) is 48.5 Å². The van der Waals surface area contributed by atoms with Gasteiger partial charge in [-0.3, -0.25) is 0 Å². The standard InChI is InChI=1S/C26H34NO4/c1-4-5-6-7-8-19-31-23-15-13-22(14-16-23)26(3)18-17-25(2,27(26)30)21-11-9-20(10-12-21)24(28)29/h9-16H,4-8,17-19H2,1-3H3,(H,28,29)/t25-,26-/m0/s1. The summed E-state index contributed by atoms with van der Waals surface area (Å²) in [4.78, 5) is 11.1. The maximum Gasteiger partial charge on any atom is 0.335 e. The Bertz CT molecular complexity index is 864. The summed E-state index contributed by atoms with van der Waals surface area (Å²) in [6, 6.07) is 14.6. The average Bonchev–Trinajstić information content (AvgIpc) is 3.03. The Hall–Kier alpha value is -2.37. The zero-order chi connectivity index (χ0) is 22.5. The van der Waals surface area contributed by atoms with Crippen molar-refractivity contribution in [3.05, 3.63) is 65.2 Å². The number of carbonyl (C=O) groups is 1. The molecule has 0 unspecified atom stereocenters. The zero-order valence-electron chi connectivity index (χ0n) is 18.9. The van der Waals surface area contributed by atoms with Crippen LogP contribution in [0.1, 0.15) is 87.2 Å². The molecule has 5 heteroatoms. The van der Waals surface area contributed by atoms with E-state index >= 15 is 0 Å². The molecule has 1 radical (unpaired) electrons. The van der Waals surface area contributed by atoms with Crippen LogP contribution in [0, 0.1) is 0 Å². The van der Waals surface area contributed by atoms with Crippen molar-refractivity contribution >= 4 is 5.97 Å². The second-order valence-corrected chi connectivity index (χ2v) is 9.01. The van der Waals surface area contributed by atoms with Crippen LogP contribution in [0.3, 0.4) is 0 Å². The van der Waals surface area contributed by atoms with E-state index in [0.717, 1.165) is 36.3 Å². The highest BCUT2D eigenvalue weighted by Gasteiger charge is 2.52. The van der Waals surface area contributed by atoms with E-state index in [1.165, 1.54) is 30.7 Å². The number of rotatable bonds is 10. The molecule has 1 fully saturated rings. The minimum atomic E-state index is -0.963. The summed E-state index contributed by atoms with van der Waals surface area (Å²) in [5, 5.41) is 23.8. The quantitative estimate of drug-likeness (QED) is 0.454. The minimum absolute atomic E-state index is 0.228. The molecule has 5 nitrogen and oxygen atoms in total. The van der Waals surface area contributed by atoms with Crippen molar-refractivity contribution in [2.24, 2.45) is 0 Å². The van der Waals surface area contributed by atoms with Gasteiger partial charge in [0.25, 0.3) is 0 Å². The Morgan fingerprint density at radius 3 is 1.94 bits per heavy atom. The van der Waals surface area contributed by atoms with Crippen molar-refractivity contribution in [2.45, 2.75) is 76.8 Å². The predicted octanol–water partition coefficient (Wildman–Crippen LogP) is 6.31. The topological polar surface area (TPSA) is 69.7 Å². The van der Waals surface area contributed by atoms with E-state index in [4.69, 9.17) is 9.84 Å². The highest BCUT2D eigenvalue weighted by atomic mass is 16.5. The van der Waals surface area contributed by atoms with Gasteiger partial charge in [0.05, 0.1) is 23.2 Å². The zero-order valence-corrected chi connectivity index (χ0v) is 18.9. The summed E-state index contributed by atoms with van der Waals surface area (Å²) in [5.74, 6) is -0.125. The monoisotopic (exact) mass is 424 g/mol. The molecule has 3 rings (SSSR count). The van der Waals surface area contributed by atoms with Crippen molar-refractivity contribution in [3.63, 3.8) is 0 Å². The molecule has 0 aliphatic carbocycles. The van der Waals surface area contributed by atoms with Crippen LogP contribution in [-0.2, 0) is 16.3 Å². The molecule has 2 aromatic rings. The summed E-state index contributed by atoms with van der Waals surface area (Å²) in [5.41, 5.74) is 0.715. The molecule has 1 N–H and O–H groups in total. The summed E-state index contributed by atoms with van der Waals surface area (Å²) in [6.45, 7) is 6.86. The smallest absolute Gasteiger partial charge is 0.335 e. The van der Waals surface area contributed by atoms with Crippen LogP contribution in [0.4, 0.5) is 0 Å². The summed E-state index contributed by atoms with van der Waals surface area (Å²) in [6.07, 6.45) is 7.47. The number of hydroxylamine groups is 2. The fourth-order valence-electron chi connectivity index (χ4n) is 4.54. The lowest BCUT2D eigenvalue weighted by molar-refractivity contribution is -0.260. The number of benzene rings is 2. The Morgan fingerprint density at radius 1 is 0.903 bits per heavy atom. The van der Waals surface area contributed by atoms with Gasteiger partial charge in [0, 0.05) is 0 Å². The third kappa shape index (κ3) is 4.94. The number of nitrogens with zero attached hydrogens (tertiary/aromatic N) is 1. The predicted molar refractivity (Wildman–Crippen MR) is 121 cm³/mol. The molecular weight excluding hydrogens is 390 g/mol. The van der Waals surface area contributed by atoms with Crippen molar-refractivity contribution in [1.82, 2.24) is 5.06 Å². The second-order valence-electron chi connectivity index (χ2n) is 9.01. The molecule has 0 aromatic heterocycles. The van der Waals surface area contributed by atoms with E-state index in [1.54, 1.807) is 24.3 Å². The number of ether oxygens (including phenoxy) is 1. The second kappa shape index (κ2) is 9.84. The number of carboxylic acid groups (broad SMARTS) is 1. The Kier molecular flexibility index (Phi) is 7.39. The molecule has 2 atom stereocenters. The molecule has 1 aliphatic rings. The molecule has 0 amide bonds. The highest BCUT2D eigenvalue weighted by Crippen LogP contribution is 2.51. The van der Waals surface area contributed by atoms with Crippen LogP contribution < -0.4 is 4.74 Å². The van der Waals surface area contributed by atoms with E-state index < -0.39 is 17.0 Å². The van der Waals surface area contributed by atoms with Crippen molar-refractivity contribution in [3.8, 4) is 5.75 Å². The molecule has 31 heavy (non-hydrogen) atoms. The Balaban J connectivity index is 1.66. The normalized spacial score (nSPS) is 23.7. The van der Waals surface area contributed by atoms with E-state index in [9.17, 15) is 10.0 Å². The maximum atomic E-state index is 13.5. The lowest BCUT2D eigenvalue weighted by atomic mass is 9.89. The molecule has 0 saturated carbocycles. The molecule has 0 spiro atoms.